The van der Waals surface area contributed by atoms with E-state index in [0.29, 0.717) is 36.9 Å². The summed E-state index contributed by atoms with van der Waals surface area (Å²) in [5, 5.41) is 1.63. The zero-order valence-corrected chi connectivity index (χ0v) is 16.6. The quantitative estimate of drug-likeness (QED) is 0.634. The fourth-order valence-electron chi connectivity index (χ4n) is 3.49. The summed E-state index contributed by atoms with van der Waals surface area (Å²) in [5.41, 5.74) is 14.0. The monoisotopic (exact) mass is 417 g/mol. The third-order valence-corrected chi connectivity index (χ3v) is 7.12. The van der Waals surface area contributed by atoms with Gasteiger partial charge in [-0.25, -0.2) is 8.42 Å². The number of halogens is 1. The molecule has 1 aliphatic rings. The van der Waals surface area contributed by atoms with E-state index in [1.54, 1.807) is 12.3 Å². The number of nitrogens with two attached hydrogens (primary N) is 2. The zero-order valence-electron chi connectivity index (χ0n) is 15.0. The minimum atomic E-state index is -3.67. The summed E-state index contributed by atoms with van der Waals surface area (Å²) in [5.74, 6) is 0. The number of anilines is 3. The van der Waals surface area contributed by atoms with Crippen LogP contribution in [-0.4, -0.2) is 43.9 Å². The van der Waals surface area contributed by atoms with Gasteiger partial charge in [-0.15, -0.1) is 0 Å². The lowest BCUT2D eigenvalue weighted by atomic mass is 10.1. The number of benzene rings is 2. The Labute approximate surface area is 168 Å². The van der Waals surface area contributed by atoms with Crippen molar-refractivity contribution >= 4 is 49.6 Å². The molecule has 7 nitrogen and oxygen atoms in total. The van der Waals surface area contributed by atoms with E-state index in [1.807, 2.05) is 24.3 Å². The smallest absolute Gasteiger partial charge is 0.245 e. The lowest BCUT2D eigenvalue weighted by molar-refractivity contribution is 0.385. The molecule has 1 saturated heterocycles. The summed E-state index contributed by atoms with van der Waals surface area (Å²) in [4.78, 5) is 6.63. The van der Waals surface area contributed by atoms with Crippen molar-refractivity contribution in [2.24, 2.45) is 0 Å². The van der Waals surface area contributed by atoms with Crippen molar-refractivity contribution in [1.82, 2.24) is 9.29 Å². The molecule has 0 spiro atoms. The molecule has 0 radical (unpaired) electrons. The second-order valence-corrected chi connectivity index (χ2v) is 9.02. The van der Waals surface area contributed by atoms with Crippen LogP contribution >= 0.6 is 11.6 Å². The van der Waals surface area contributed by atoms with E-state index in [4.69, 9.17) is 23.1 Å². The minimum Gasteiger partial charge on any atom is -0.399 e. The number of hydrogen-bond acceptors (Lipinski definition) is 6. The van der Waals surface area contributed by atoms with Crippen molar-refractivity contribution in [3.63, 3.8) is 0 Å². The van der Waals surface area contributed by atoms with Gasteiger partial charge >= 0.3 is 0 Å². The van der Waals surface area contributed by atoms with Crippen LogP contribution < -0.4 is 16.4 Å². The highest BCUT2D eigenvalue weighted by molar-refractivity contribution is 7.89. The van der Waals surface area contributed by atoms with Gasteiger partial charge in [-0.05, 0) is 42.5 Å². The highest BCUT2D eigenvalue weighted by Gasteiger charge is 2.30. The van der Waals surface area contributed by atoms with Crippen LogP contribution in [0.3, 0.4) is 0 Å². The Kier molecular flexibility index (Phi) is 4.78. The molecule has 0 unspecified atom stereocenters. The average molecular weight is 418 g/mol. The largest absolute Gasteiger partial charge is 0.399 e. The lowest BCUT2D eigenvalue weighted by Gasteiger charge is -2.36. The predicted octanol–water partition coefficient (Wildman–Crippen LogP) is 2.56. The molecule has 2 aromatic carbocycles. The van der Waals surface area contributed by atoms with Crippen LogP contribution in [0.25, 0.3) is 10.9 Å². The van der Waals surface area contributed by atoms with E-state index in [2.05, 4.69) is 9.88 Å². The third-order valence-electron chi connectivity index (χ3n) is 4.91. The summed E-state index contributed by atoms with van der Waals surface area (Å²) >= 11 is 6.06. The summed E-state index contributed by atoms with van der Waals surface area (Å²) in [6.45, 7) is 1.86. The molecule has 4 rings (SSSR count). The Hall–Kier alpha value is -2.55. The van der Waals surface area contributed by atoms with Gasteiger partial charge in [-0.3, -0.25) is 4.98 Å². The number of sulfonamides is 1. The topological polar surface area (TPSA) is 106 Å². The van der Waals surface area contributed by atoms with Crippen LogP contribution in [0.1, 0.15) is 0 Å². The molecule has 1 aliphatic heterocycles. The van der Waals surface area contributed by atoms with E-state index in [1.165, 1.54) is 16.4 Å². The Morgan fingerprint density at radius 3 is 2.43 bits per heavy atom. The Bertz CT molecular complexity index is 1140. The number of nitrogens with zero attached hydrogens (tertiary/aromatic N) is 3. The van der Waals surface area contributed by atoms with Crippen LogP contribution in [-0.2, 0) is 10.0 Å². The van der Waals surface area contributed by atoms with Crippen LogP contribution in [0.5, 0.6) is 0 Å². The van der Waals surface area contributed by atoms with Crippen molar-refractivity contribution in [2.45, 2.75) is 4.90 Å². The number of piperazine rings is 1. The molecule has 4 N–H and O–H groups in total. The second-order valence-electron chi connectivity index (χ2n) is 6.68. The van der Waals surface area contributed by atoms with Crippen molar-refractivity contribution in [2.75, 3.05) is 42.5 Å². The van der Waals surface area contributed by atoms with Crippen molar-refractivity contribution in [3.05, 3.63) is 53.7 Å². The van der Waals surface area contributed by atoms with Gasteiger partial charge in [-0.2, -0.15) is 4.31 Å². The number of nitrogen functional groups attached to an aromatic ring is 2. The van der Waals surface area contributed by atoms with Crippen molar-refractivity contribution in [3.8, 4) is 0 Å². The number of pyridine rings is 1. The van der Waals surface area contributed by atoms with Crippen LogP contribution in [0, 0.1) is 0 Å². The molecule has 146 valence electrons. The van der Waals surface area contributed by atoms with E-state index < -0.39 is 10.0 Å². The van der Waals surface area contributed by atoms with Gasteiger partial charge in [-0.1, -0.05) is 11.6 Å². The van der Waals surface area contributed by atoms with Crippen LogP contribution in [0.4, 0.5) is 17.1 Å². The third kappa shape index (κ3) is 3.34. The Balaban J connectivity index is 1.57. The summed E-state index contributed by atoms with van der Waals surface area (Å²) < 4.78 is 27.4. The molecule has 3 aromatic rings. The molecule has 28 heavy (non-hydrogen) atoms. The van der Waals surface area contributed by atoms with Gasteiger partial charge in [0.15, 0.2) is 0 Å². The second kappa shape index (κ2) is 7.12. The Morgan fingerprint density at radius 1 is 0.964 bits per heavy atom. The van der Waals surface area contributed by atoms with E-state index in [-0.39, 0.29) is 10.6 Å². The average Bonchev–Trinajstić information content (AvgIpc) is 2.67. The SMILES string of the molecule is Nc1ccc(S(=O)(=O)N2CCN(c3ccnc4cc(Cl)ccc34)CC2)c(N)c1. The van der Waals surface area contributed by atoms with Crippen LogP contribution in [0.2, 0.25) is 5.02 Å². The first-order valence-electron chi connectivity index (χ1n) is 8.80. The van der Waals surface area contributed by atoms with Gasteiger partial charge in [0.1, 0.15) is 4.90 Å². The van der Waals surface area contributed by atoms with Gasteiger partial charge in [0, 0.05) is 54.2 Å². The number of fused-ring (bicyclic) bond motifs is 1. The van der Waals surface area contributed by atoms with Gasteiger partial charge in [0.25, 0.3) is 0 Å². The highest BCUT2D eigenvalue weighted by Crippen LogP contribution is 2.30. The number of hydrogen-bond donors (Lipinski definition) is 2. The molecule has 0 saturated carbocycles. The zero-order chi connectivity index (χ0) is 19.9. The summed E-state index contributed by atoms with van der Waals surface area (Å²) in [6, 6.07) is 12.0. The van der Waals surface area contributed by atoms with Gasteiger partial charge < -0.3 is 16.4 Å². The minimum absolute atomic E-state index is 0.0964. The molecule has 0 atom stereocenters. The molecule has 1 aromatic heterocycles. The van der Waals surface area contributed by atoms with Gasteiger partial charge in [0.05, 0.1) is 11.2 Å². The van der Waals surface area contributed by atoms with Crippen molar-refractivity contribution < 1.29 is 8.42 Å². The maximum atomic E-state index is 13.0. The van der Waals surface area contributed by atoms with Crippen molar-refractivity contribution in [1.29, 1.82) is 0 Å². The van der Waals surface area contributed by atoms with E-state index in [0.717, 1.165) is 16.6 Å². The molecule has 0 amide bonds. The summed E-state index contributed by atoms with van der Waals surface area (Å²) in [6.07, 6.45) is 1.74. The van der Waals surface area contributed by atoms with Gasteiger partial charge in [0.2, 0.25) is 10.0 Å². The predicted molar refractivity (Wildman–Crippen MR) is 113 cm³/mol. The normalized spacial score (nSPS) is 15.8. The molecule has 2 heterocycles. The molecule has 9 heteroatoms. The fourth-order valence-corrected chi connectivity index (χ4v) is 5.18. The highest BCUT2D eigenvalue weighted by atomic mass is 35.5. The molecule has 0 bridgehead atoms. The molecular formula is C19H20ClN5O2S. The van der Waals surface area contributed by atoms with E-state index in [9.17, 15) is 8.42 Å². The summed E-state index contributed by atoms with van der Waals surface area (Å²) in [7, 11) is -3.67. The fraction of sp³-hybridized carbons (Fsp3) is 0.211. The maximum absolute atomic E-state index is 13.0. The first kappa shape index (κ1) is 18.8. The number of aromatic nitrogens is 1. The standard InChI is InChI=1S/C19H20ClN5O2S/c20-13-1-3-15-17(11-13)23-6-5-18(15)24-7-9-25(10-8-24)28(26,27)19-4-2-14(21)12-16(19)22/h1-6,11-12H,7-10,21-22H2. The molecular weight excluding hydrogens is 398 g/mol. The number of rotatable bonds is 3. The van der Waals surface area contributed by atoms with Crippen LogP contribution in [0.15, 0.2) is 53.6 Å². The Morgan fingerprint density at radius 2 is 1.71 bits per heavy atom. The lowest BCUT2D eigenvalue weighted by Crippen LogP contribution is -2.48. The first-order chi connectivity index (χ1) is 13.4. The van der Waals surface area contributed by atoms with E-state index >= 15 is 0 Å². The maximum Gasteiger partial charge on any atom is 0.245 e. The first-order valence-corrected chi connectivity index (χ1v) is 10.6. The molecule has 0 aliphatic carbocycles. The molecule has 1 fully saturated rings.